The molecule has 1 aromatic carbocycles. The summed E-state index contributed by atoms with van der Waals surface area (Å²) in [5.41, 5.74) is -0.0381. The summed E-state index contributed by atoms with van der Waals surface area (Å²) in [7, 11) is 0. The summed E-state index contributed by atoms with van der Waals surface area (Å²) in [6, 6.07) is 2.74. The predicted octanol–water partition coefficient (Wildman–Crippen LogP) is 1.86. The predicted molar refractivity (Wildman–Crippen MR) is 35.0 cm³/mol. The van der Waals surface area contributed by atoms with E-state index in [0.717, 1.165) is 18.2 Å². The van der Waals surface area contributed by atoms with Crippen molar-refractivity contribution in [2.75, 3.05) is 0 Å². The van der Waals surface area contributed by atoms with Crippen LogP contribution in [0.3, 0.4) is 0 Å². The summed E-state index contributed by atoms with van der Waals surface area (Å²) < 4.78 is 24.6. The van der Waals surface area contributed by atoms with E-state index in [1.807, 2.05) is 0 Å². The number of ketones is 1. The van der Waals surface area contributed by atoms with Crippen molar-refractivity contribution in [3.63, 3.8) is 0 Å². The third-order valence-corrected chi connectivity index (χ3v) is 1.20. The van der Waals surface area contributed by atoms with E-state index in [-0.39, 0.29) is 5.56 Å². The Morgan fingerprint density at radius 1 is 1.27 bits per heavy atom. The first kappa shape index (κ1) is 7.85. The lowest BCUT2D eigenvalue weighted by molar-refractivity contribution is 0.104. The second-order valence-corrected chi connectivity index (χ2v) is 1.99. The van der Waals surface area contributed by atoms with Gasteiger partial charge >= 0.3 is 0 Å². The van der Waals surface area contributed by atoms with Gasteiger partial charge in [0.25, 0.3) is 0 Å². The molecule has 3 heteroatoms. The fraction of sp³-hybridized carbons (Fsp3) is 0. The molecule has 0 N–H and O–H groups in total. The Morgan fingerprint density at radius 2 is 1.91 bits per heavy atom. The van der Waals surface area contributed by atoms with Crippen LogP contribution in [0.2, 0.25) is 0 Å². The van der Waals surface area contributed by atoms with Gasteiger partial charge in [-0.25, -0.2) is 8.78 Å². The Kier molecular flexibility index (Phi) is 1.98. The van der Waals surface area contributed by atoms with Crippen molar-refractivity contribution < 1.29 is 13.6 Å². The van der Waals surface area contributed by atoms with Crippen molar-refractivity contribution in [3.8, 4) is 0 Å². The smallest absolute Gasteiger partial charge is 0.167 e. The Balaban J connectivity index is 3.15. The van der Waals surface area contributed by atoms with Gasteiger partial charge in [0.1, 0.15) is 0 Å². The van der Waals surface area contributed by atoms with Gasteiger partial charge in [-0.3, -0.25) is 4.79 Å². The Bertz CT molecular complexity index is 294. The molecule has 0 saturated carbocycles. The van der Waals surface area contributed by atoms with E-state index in [9.17, 15) is 13.6 Å². The molecule has 0 atom stereocenters. The average Bonchev–Trinajstić information content (AvgIpc) is 1.94. The summed E-state index contributed by atoms with van der Waals surface area (Å²) in [5.74, 6) is -2.83. The quantitative estimate of drug-likeness (QED) is 0.564. The fourth-order valence-electron chi connectivity index (χ4n) is 0.649. The maximum absolute atomic E-state index is 12.4. The van der Waals surface area contributed by atoms with Crippen molar-refractivity contribution >= 4 is 5.78 Å². The van der Waals surface area contributed by atoms with E-state index in [1.54, 1.807) is 0 Å². The summed E-state index contributed by atoms with van der Waals surface area (Å²) in [5, 5.41) is 0. The van der Waals surface area contributed by atoms with Gasteiger partial charge in [0.15, 0.2) is 17.4 Å². The van der Waals surface area contributed by atoms with Crippen molar-refractivity contribution in [2.45, 2.75) is 0 Å². The highest BCUT2D eigenvalue weighted by atomic mass is 19.2. The van der Waals surface area contributed by atoms with E-state index in [4.69, 9.17) is 6.92 Å². The Morgan fingerprint density at radius 3 is 2.36 bits per heavy atom. The van der Waals surface area contributed by atoms with Gasteiger partial charge in [-0.2, -0.15) is 0 Å². The Hall–Kier alpha value is -1.25. The van der Waals surface area contributed by atoms with E-state index >= 15 is 0 Å². The maximum atomic E-state index is 12.4. The molecule has 11 heavy (non-hydrogen) atoms. The standard InChI is InChI=1S/C8H4F2O/c1-5(11)6-2-3-7(9)8(10)4-6/h1-4H. The third kappa shape index (κ3) is 1.61. The van der Waals surface area contributed by atoms with Crippen LogP contribution in [0.4, 0.5) is 8.78 Å². The zero-order valence-corrected chi connectivity index (χ0v) is 5.47. The maximum Gasteiger partial charge on any atom is 0.167 e. The molecule has 0 heterocycles. The highest BCUT2D eigenvalue weighted by molar-refractivity contribution is 5.99. The highest BCUT2D eigenvalue weighted by Gasteiger charge is 2.04. The molecule has 0 aliphatic heterocycles. The molecule has 1 nitrogen and oxygen atoms in total. The molecule has 0 aromatic heterocycles. The van der Waals surface area contributed by atoms with Crippen LogP contribution in [0.1, 0.15) is 10.4 Å². The van der Waals surface area contributed by atoms with Crippen LogP contribution in [0.15, 0.2) is 18.2 Å². The molecular formula is C8H4F2O. The molecule has 0 amide bonds. The number of hydrogen-bond acceptors (Lipinski definition) is 1. The van der Waals surface area contributed by atoms with Crippen LogP contribution < -0.4 is 0 Å². The normalized spacial score (nSPS) is 9.73. The lowest BCUT2D eigenvalue weighted by Crippen LogP contribution is -1.94. The van der Waals surface area contributed by atoms with E-state index in [1.165, 1.54) is 0 Å². The largest absolute Gasteiger partial charge is 0.294 e. The molecule has 1 aromatic rings. The number of carbonyl (C=O) groups is 1. The van der Waals surface area contributed by atoms with Gasteiger partial charge in [-0.1, -0.05) is 0 Å². The van der Waals surface area contributed by atoms with Crippen LogP contribution in [-0.2, 0) is 0 Å². The first-order chi connectivity index (χ1) is 5.11. The van der Waals surface area contributed by atoms with Crippen molar-refractivity contribution in [1.82, 2.24) is 0 Å². The molecule has 0 fully saturated rings. The number of carbonyl (C=O) groups excluding carboxylic acids is 1. The highest BCUT2D eigenvalue weighted by Crippen LogP contribution is 2.08. The molecule has 0 spiro atoms. The molecule has 0 bridgehead atoms. The monoisotopic (exact) mass is 154 g/mol. The topological polar surface area (TPSA) is 17.1 Å². The van der Waals surface area contributed by atoms with Gasteiger partial charge in [0, 0.05) is 12.5 Å². The molecule has 0 unspecified atom stereocenters. The fourth-order valence-corrected chi connectivity index (χ4v) is 0.649. The lowest BCUT2D eigenvalue weighted by atomic mass is 10.1. The van der Waals surface area contributed by atoms with Gasteiger partial charge in [-0.15, -0.1) is 0 Å². The number of benzene rings is 1. The van der Waals surface area contributed by atoms with Crippen molar-refractivity contribution in [1.29, 1.82) is 0 Å². The molecule has 2 radical (unpaired) electrons. The van der Waals surface area contributed by atoms with E-state index in [0.29, 0.717) is 0 Å². The lowest BCUT2D eigenvalue weighted by Gasteiger charge is -1.94. The summed E-state index contributed by atoms with van der Waals surface area (Å²) in [6.07, 6.45) is 0. The first-order valence-corrected chi connectivity index (χ1v) is 2.86. The van der Waals surface area contributed by atoms with Gasteiger partial charge in [0.05, 0.1) is 0 Å². The minimum absolute atomic E-state index is 0.0381. The molecule has 0 aliphatic carbocycles. The van der Waals surface area contributed by atoms with Crippen molar-refractivity contribution in [2.24, 2.45) is 0 Å². The minimum atomic E-state index is -1.07. The Labute approximate surface area is 62.7 Å². The molecule has 56 valence electrons. The van der Waals surface area contributed by atoms with Crippen LogP contribution >= 0.6 is 0 Å². The SMILES string of the molecule is [CH]C(=O)c1ccc(F)c(F)c1. The number of hydrogen-bond donors (Lipinski definition) is 0. The van der Waals surface area contributed by atoms with Crippen LogP contribution in [0.5, 0.6) is 0 Å². The summed E-state index contributed by atoms with van der Waals surface area (Å²) in [6.45, 7) is 4.80. The first-order valence-electron chi connectivity index (χ1n) is 2.86. The molecule has 1 rings (SSSR count). The number of halogens is 2. The third-order valence-electron chi connectivity index (χ3n) is 1.20. The zero-order valence-electron chi connectivity index (χ0n) is 5.47. The van der Waals surface area contributed by atoms with Gasteiger partial charge in [-0.05, 0) is 18.2 Å². The molecule has 0 aliphatic rings. The zero-order chi connectivity index (χ0) is 8.43. The average molecular weight is 154 g/mol. The van der Waals surface area contributed by atoms with Crippen LogP contribution in [-0.4, -0.2) is 5.78 Å². The minimum Gasteiger partial charge on any atom is -0.294 e. The molecule has 0 saturated heterocycles. The number of Topliss-reactive ketones (excluding diaryl/α,β-unsaturated/α-hetero) is 1. The van der Waals surface area contributed by atoms with Crippen LogP contribution in [0.25, 0.3) is 0 Å². The number of rotatable bonds is 1. The summed E-state index contributed by atoms with van der Waals surface area (Å²) >= 11 is 0. The second kappa shape index (κ2) is 2.78. The van der Waals surface area contributed by atoms with Gasteiger partial charge < -0.3 is 0 Å². The van der Waals surface area contributed by atoms with Gasteiger partial charge in [0.2, 0.25) is 0 Å². The van der Waals surface area contributed by atoms with E-state index < -0.39 is 17.4 Å². The second-order valence-electron chi connectivity index (χ2n) is 1.99. The van der Waals surface area contributed by atoms with Crippen molar-refractivity contribution in [3.05, 3.63) is 42.3 Å². The van der Waals surface area contributed by atoms with E-state index in [2.05, 4.69) is 0 Å². The molecular weight excluding hydrogens is 150 g/mol. The van der Waals surface area contributed by atoms with Crippen LogP contribution in [0, 0.1) is 18.6 Å². The summed E-state index contributed by atoms with van der Waals surface area (Å²) in [4.78, 5) is 10.4.